The molecule has 0 heterocycles. The predicted molar refractivity (Wildman–Crippen MR) is 50.5 cm³/mol. The second-order valence-corrected chi connectivity index (χ2v) is 1.51. The Morgan fingerprint density at radius 1 is 1.36 bits per heavy atom. The van der Waals surface area contributed by atoms with E-state index in [1.807, 2.05) is 26.8 Å². The third-order valence-electron chi connectivity index (χ3n) is 0.853. The van der Waals surface area contributed by atoms with Gasteiger partial charge in [0.2, 0.25) is 0 Å². The maximum absolute atomic E-state index is 10.1. The van der Waals surface area contributed by atoms with Gasteiger partial charge in [-0.25, -0.2) is 0 Å². The summed E-state index contributed by atoms with van der Waals surface area (Å²) in [5.41, 5.74) is 0.605. The van der Waals surface area contributed by atoms with Gasteiger partial charge in [0.05, 0.1) is 0 Å². The largest absolute Gasteiger partial charge is 0.298 e. The van der Waals surface area contributed by atoms with Gasteiger partial charge in [-0.3, -0.25) is 4.79 Å². The average Bonchev–Trinajstić information content (AvgIpc) is 2.10. The zero-order chi connectivity index (χ0) is 9.11. The lowest BCUT2D eigenvalue weighted by atomic mass is 10.2. The highest BCUT2D eigenvalue weighted by Crippen LogP contribution is 1.89. The molecule has 0 aromatic carbocycles. The minimum Gasteiger partial charge on any atom is -0.298 e. The molecular formula is C10H16O. The van der Waals surface area contributed by atoms with Gasteiger partial charge in [0.1, 0.15) is 6.29 Å². The summed E-state index contributed by atoms with van der Waals surface area (Å²) in [4.78, 5) is 10.1. The van der Waals surface area contributed by atoms with Crippen molar-refractivity contribution in [3.8, 4) is 0 Å². The van der Waals surface area contributed by atoms with Gasteiger partial charge in [-0.05, 0) is 6.92 Å². The molecule has 0 fully saturated rings. The van der Waals surface area contributed by atoms with Crippen LogP contribution in [0.5, 0.6) is 0 Å². The third kappa shape index (κ3) is 8.89. The minimum atomic E-state index is 0.605. The molecule has 62 valence electrons. The monoisotopic (exact) mass is 152 g/mol. The number of hydrogen-bond donors (Lipinski definition) is 0. The van der Waals surface area contributed by atoms with Crippen LogP contribution in [0.4, 0.5) is 0 Å². The van der Waals surface area contributed by atoms with E-state index in [-0.39, 0.29) is 0 Å². The zero-order valence-electron chi connectivity index (χ0n) is 7.50. The molecule has 1 nitrogen and oxygen atoms in total. The van der Waals surface area contributed by atoms with Gasteiger partial charge in [0.25, 0.3) is 0 Å². The van der Waals surface area contributed by atoms with Crippen LogP contribution in [0.3, 0.4) is 0 Å². The van der Waals surface area contributed by atoms with Gasteiger partial charge in [-0.1, -0.05) is 44.7 Å². The van der Waals surface area contributed by atoms with E-state index >= 15 is 0 Å². The highest BCUT2D eigenvalue weighted by atomic mass is 16.1. The maximum Gasteiger partial charge on any atom is 0.150 e. The summed E-state index contributed by atoms with van der Waals surface area (Å²) >= 11 is 0. The Kier molecular flexibility index (Phi) is 13.3. The minimum absolute atomic E-state index is 0.605. The first-order valence-electron chi connectivity index (χ1n) is 3.75. The summed E-state index contributed by atoms with van der Waals surface area (Å²) < 4.78 is 0. The summed E-state index contributed by atoms with van der Waals surface area (Å²) in [6.07, 6.45) is 7.65. The van der Waals surface area contributed by atoms with Crippen LogP contribution < -0.4 is 0 Å². The Balaban J connectivity index is 0. The molecule has 0 aromatic heterocycles. The molecule has 0 rings (SSSR count). The SMILES string of the molecule is C=C/C(C=O)=C\C=C/C.CC. The van der Waals surface area contributed by atoms with E-state index in [2.05, 4.69) is 6.58 Å². The molecule has 0 saturated carbocycles. The number of hydrogen-bond acceptors (Lipinski definition) is 1. The van der Waals surface area contributed by atoms with Gasteiger partial charge in [-0.15, -0.1) is 0 Å². The van der Waals surface area contributed by atoms with Crippen LogP contribution in [0, 0.1) is 0 Å². The van der Waals surface area contributed by atoms with E-state index < -0.39 is 0 Å². The molecule has 0 spiro atoms. The number of carbonyl (C=O) groups excluding carboxylic acids is 1. The fraction of sp³-hybridized carbons (Fsp3) is 0.300. The van der Waals surface area contributed by atoms with Gasteiger partial charge >= 0.3 is 0 Å². The van der Waals surface area contributed by atoms with Crippen molar-refractivity contribution < 1.29 is 4.79 Å². The van der Waals surface area contributed by atoms with Crippen LogP contribution in [0.2, 0.25) is 0 Å². The van der Waals surface area contributed by atoms with Crippen LogP contribution in [0.1, 0.15) is 20.8 Å². The van der Waals surface area contributed by atoms with Crippen LogP contribution in [0.15, 0.2) is 36.5 Å². The Hall–Kier alpha value is -1.11. The van der Waals surface area contributed by atoms with E-state index in [9.17, 15) is 4.79 Å². The zero-order valence-corrected chi connectivity index (χ0v) is 7.50. The van der Waals surface area contributed by atoms with Crippen molar-refractivity contribution in [1.82, 2.24) is 0 Å². The predicted octanol–water partition coefficient (Wildman–Crippen LogP) is 2.90. The van der Waals surface area contributed by atoms with Crippen molar-refractivity contribution in [2.24, 2.45) is 0 Å². The lowest BCUT2D eigenvalue weighted by molar-refractivity contribution is -0.104. The third-order valence-corrected chi connectivity index (χ3v) is 0.853. The number of allylic oxidation sites excluding steroid dienone is 5. The number of rotatable bonds is 3. The molecule has 0 amide bonds. The maximum atomic E-state index is 10.1. The quantitative estimate of drug-likeness (QED) is 0.345. The topological polar surface area (TPSA) is 17.1 Å². The molecule has 0 aliphatic carbocycles. The van der Waals surface area contributed by atoms with Crippen molar-refractivity contribution >= 4 is 6.29 Å². The number of carbonyl (C=O) groups is 1. The van der Waals surface area contributed by atoms with Gasteiger partial charge < -0.3 is 0 Å². The number of aldehydes is 1. The Morgan fingerprint density at radius 3 is 2.18 bits per heavy atom. The summed E-state index contributed by atoms with van der Waals surface area (Å²) in [5.74, 6) is 0. The molecule has 1 heteroatoms. The van der Waals surface area contributed by atoms with Gasteiger partial charge in [-0.2, -0.15) is 0 Å². The van der Waals surface area contributed by atoms with Crippen LogP contribution in [-0.2, 0) is 4.79 Å². The van der Waals surface area contributed by atoms with Crippen molar-refractivity contribution in [2.75, 3.05) is 0 Å². The van der Waals surface area contributed by atoms with Gasteiger partial charge in [0, 0.05) is 5.57 Å². The molecular weight excluding hydrogens is 136 g/mol. The second-order valence-electron chi connectivity index (χ2n) is 1.51. The highest BCUT2D eigenvalue weighted by Gasteiger charge is 1.79. The van der Waals surface area contributed by atoms with Crippen molar-refractivity contribution in [3.05, 3.63) is 36.5 Å². The van der Waals surface area contributed by atoms with Crippen LogP contribution >= 0.6 is 0 Å². The summed E-state index contributed by atoms with van der Waals surface area (Å²) in [6, 6.07) is 0. The molecule has 0 aliphatic rings. The van der Waals surface area contributed by atoms with Crippen molar-refractivity contribution in [2.45, 2.75) is 20.8 Å². The smallest absolute Gasteiger partial charge is 0.150 e. The van der Waals surface area contributed by atoms with Gasteiger partial charge in [0.15, 0.2) is 0 Å². The molecule has 11 heavy (non-hydrogen) atoms. The second kappa shape index (κ2) is 11.7. The first-order chi connectivity index (χ1) is 5.35. The summed E-state index contributed by atoms with van der Waals surface area (Å²) in [7, 11) is 0. The Morgan fingerprint density at radius 2 is 1.91 bits per heavy atom. The fourth-order valence-electron chi connectivity index (χ4n) is 0.363. The van der Waals surface area contributed by atoms with E-state index in [1.165, 1.54) is 6.08 Å². The Bertz CT molecular complexity index is 142. The van der Waals surface area contributed by atoms with E-state index in [0.29, 0.717) is 5.57 Å². The van der Waals surface area contributed by atoms with Crippen molar-refractivity contribution in [3.63, 3.8) is 0 Å². The normalized spacial score (nSPS) is 10.3. The summed E-state index contributed by atoms with van der Waals surface area (Å²) in [5, 5.41) is 0. The average molecular weight is 152 g/mol. The lowest BCUT2D eigenvalue weighted by Crippen LogP contribution is -1.74. The van der Waals surface area contributed by atoms with Crippen molar-refractivity contribution in [1.29, 1.82) is 0 Å². The van der Waals surface area contributed by atoms with E-state index in [1.54, 1.807) is 12.2 Å². The first-order valence-corrected chi connectivity index (χ1v) is 3.75. The standard InChI is InChI=1S/C8H10O.C2H6/c1-3-5-6-8(4-2)7-9;1-2/h3-7H,2H2,1H3;1-2H3/b5-3-,8-6+;. The Labute approximate surface area is 69.1 Å². The van der Waals surface area contributed by atoms with E-state index in [4.69, 9.17) is 0 Å². The molecule has 0 N–H and O–H groups in total. The summed E-state index contributed by atoms with van der Waals surface area (Å²) in [6.45, 7) is 9.34. The molecule has 0 unspecified atom stereocenters. The molecule has 0 aliphatic heterocycles. The molecule has 0 saturated heterocycles. The lowest BCUT2D eigenvalue weighted by Gasteiger charge is -1.80. The molecule has 0 bridgehead atoms. The first kappa shape index (κ1) is 12.6. The van der Waals surface area contributed by atoms with E-state index in [0.717, 1.165) is 6.29 Å². The fourth-order valence-corrected chi connectivity index (χ4v) is 0.363. The van der Waals surface area contributed by atoms with Crippen LogP contribution in [0.25, 0.3) is 0 Å². The van der Waals surface area contributed by atoms with Crippen LogP contribution in [-0.4, -0.2) is 6.29 Å². The molecule has 0 radical (unpaired) electrons. The highest BCUT2D eigenvalue weighted by molar-refractivity contribution is 5.77. The molecule has 0 aromatic rings. The molecule has 0 atom stereocenters.